The van der Waals surface area contributed by atoms with E-state index in [0.29, 0.717) is 12.6 Å². The number of aryl methyl sites for hydroxylation is 2. The minimum absolute atomic E-state index is 0.314. The molecule has 1 aromatic heterocycles. The first-order valence-corrected chi connectivity index (χ1v) is 7.08. The number of rotatable bonds is 6. The Morgan fingerprint density at radius 3 is 2.78 bits per heavy atom. The van der Waals surface area contributed by atoms with Gasteiger partial charge in [-0.25, -0.2) is 0 Å². The number of hydrogen-bond acceptors (Lipinski definition) is 3. The van der Waals surface area contributed by atoms with E-state index in [-0.39, 0.29) is 0 Å². The molecular formula is C14H26N4. The average molecular weight is 250 g/mol. The fraction of sp³-hybridized carbons (Fsp3) is 0.786. The van der Waals surface area contributed by atoms with E-state index in [1.165, 1.54) is 37.1 Å². The minimum Gasteiger partial charge on any atom is -0.329 e. The Morgan fingerprint density at radius 2 is 2.28 bits per heavy atom. The van der Waals surface area contributed by atoms with E-state index in [0.717, 1.165) is 12.3 Å². The zero-order chi connectivity index (χ0) is 13.1. The third-order valence-electron chi connectivity index (χ3n) is 4.16. The topological polar surface area (TPSA) is 47.1 Å². The van der Waals surface area contributed by atoms with Crippen LogP contribution in [-0.4, -0.2) is 34.8 Å². The van der Waals surface area contributed by atoms with E-state index in [4.69, 9.17) is 5.73 Å². The zero-order valence-electron chi connectivity index (χ0n) is 11.9. The summed E-state index contributed by atoms with van der Waals surface area (Å²) in [5.74, 6) is 0.880. The fourth-order valence-corrected chi connectivity index (χ4v) is 2.86. The van der Waals surface area contributed by atoms with E-state index < -0.39 is 0 Å². The molecule has 1 saturated carbocycles. The summed E-state index contributed by atoms with van der Waals surface area (Å²) < 4.78 is 1.91. The summed E-state index contributed by atoms with van der Waals surface area (Å²) in [5, 5.41) is 4.53. The van der Waals surface area contributed by atoms with Gasteiger partial charge in [-0.05, 0) is 32.2 Å². The third kappa shape index (κ3) is 2.75. The number of nitrogens with zero attached hydrogens (tertiary/aromatic N) is 3. The monoisotopic (exact) mass is 250 g/mol. The molecule has 2 rings (SSSR count). The van der Waals surface area contributed by atoms with Gasteiger partial charge in [-0.1, -0.05) is 13.3 Å². The minimum atomic E-state index is 0.314. The molecule has 1 unspecified atom stereocenters. The Labute approximate surface area is 110 Å². The molecule has 1 aliphatic rings. The molecule has 102 valence electrons. The van der Waals surface area contributed by atoms with Gasteiger partial charge in [0.2, 0.25) is 0 Å². The maximum atomic E-state index is 6.00. The second kappa shape index (κ2) is 5.85. The molecule has 4 heteroatoms. The zero-order valence-corrected chi connectivity index (χ0v) is 11.9. The quantitative estimate of drug-likeness (QED) is 0.836. The predicted molar refractivity (Wildman–Crippen MR) is 74.4 cm³/mol. The molecule has 1 atom stereocenters. The van der Waals surface area contributed by atoms with E-state index in [1.54, 1.807) is 0 Å². The summed E-state index contributed by atoms with van der Waals surface area (Å²) in [4.78, 5) is 2.42. The first-order chi connectivity index (χ1) is 8.65. The van der Waals surface area contributed by atoms with Crippen LogP contribution in [0.1, 0.15) is 43.5 Å². The first-order valence-electron chi connectivity index (χ1n) is 7.08. The van der Waals surface area contributed by atoms with Crippen LogP contribution < -0.4 is 5.73 Å². The van der Waals surface area contributed by atoms with Crippen molar-refractivity contribution in [3.63, 3.8) is 0 Å². The maximum Gasteiger partial charge on any atom is 0.0670 e. The van der Waals surface area contributed by atoms with Gasteiger partial charge >= 0.3 is 0 Å². The molecule has 1 aliphatic carbocycles. The molecule has 1 heterocycles. The Bertz CT molecular complexity index is 381. The van der Waals surface area contributed by atoms with E-state index in [2.05, 4.69) is 30.2 Å². The van der Waals surface area contributed by atoms with Crippen molar-refractivity contribution < 1.29 is 0 Å². The number of aromatic nitrogens is 2. The van der Waals surface area contributed by atoms with E-state index in [1.807, 2.05) is 11.7 Å². The van der Waals surface area contributed by atoms with Gasteiger partial charge < -0.3 is 5.73 Å². The molecular weight excluding hydrogens is 224 g/mol. The van der Waals surface area contributed by atoms with E-state index in [9.17, 15) is 0 Å². The van der Waals surface area contributed by atoms with Crippen LogP contribution in [0.4, 0.5) is 0 Å². The van der Waals surface area contributed by atoms with Crippen LogP contribution >= 0.6 is 0 Å². The molecule has 0 amide bonds. The van der Waals surface area contributed by atoms with Gasteiger partial charge in [0.1, 0.15) is 0 Å². The van der Waals surface area contributed by atoms with Crippen LogP contribution in [0.2, 0.25) is 0 Å². The molecule has 0 bridgehead atoms. The molecule has 4 nitrogen and oxygen atoms in total. The van der Waals surface area contributed by atoms with E-state index >= 15 is 0 Å². The van der Waals surface area contributed by atoms with Gasteiger partial charge in [0, 0.05) is 31.9 Å². The predicted octanol–water partition coefficient (Wildman–Crippen LogP) is 1.71. The van der Waals surface area contributed by atoms with Crippen molar-refractivity contribution in [1.82, 2.24) is 14.7 Å². The van der Waals surface area contributed by atoms with Crippen LogP contribution in [0.3, 0.4) is 0 Å². The molecule has 0 aliphatic heterocycles. The Morgan fingerprint density at radius 1 is 1.56 bits per heavy atom. The Balaban J connectivity index is 2.10. The fourth-order valence-electron chi connectivity index (χ4n) is 2.86. The van der Waals surface area contributed by atoms with Gasteiger partial charge in [-0.15, -0.1) is 0 Å². The number of hydrogen-bond donors (Lipinski definition) is 1. The highest BCUT2D eigenvalue weighted by atomic mass is 15.3. The third-order valence-corrected chi connectivity index (χ3v) is 4.16. The lowest BCUT2D eigenvalue weighted by Gasteiger charge is -2.34. The largest absolute Gasteiger partial charge is 0.329 e. The van der Waals surface area contributed by atoms with Crippen molar-refractivity contribution >= 4 is 0 Å². The van der Waals surface area contributed by atoms with Crippen LogP contribution in [0, 0.1) is 5.92 Å². The van der Waals surface area contributed by atoms with Crippen molar-refractivity contribution in [2.75, 3.05) is 20.1 Å². The lowest BCUT2D eigenvalue weighted by molar-refractivity contribution is 0.164. The van der Waals surface area contributed by atoms with Gasteiger partial charge in [-0.3, -0.25) is 9.58 Å². The normalized spacial score (nSPS) is 18.1. The second-order valence-corrected chi connectivity index (χ2v) is 5.55. The molecule has 1 fully saturated rings. The van der Waals surface area contributed by atoms with Gasteiger partial charge in [-0.2, -0.15) is 5.10 Å². The Kier molecular flexibility index (Phi) is 4.40. The van der Waals surface area contributed by atoms with Crippen LogP contribution in [0.25, 0.3) is 0 Å². The highest BCUT2D eigenvalue weighted by Gasteiger charge is 2.25. The average Bonchev–Trinajstić information content (AvgIpc) is 2.66. The van der Waals surface area contributed by atoms with Crippen LogP contribution in [-0.2, 0) is 13.5 Å². The van der Waals surface area contributed by atoms with Crippen molar-refractivity contribution in [3.05, 3.63) is 17.5 Å². The highest BCUT2D eigenvalue weighted by molar-refractivity contribution is 5.22. The standard InChI is InChI=1S/C14H26N4/c1-4-13-12(10-18(3)16-13)14(8-15)17(2)9-11-6-5-7-11/h10-11,14H,4-9,15H2,1-3H3. The number of likely N-dealkylation sites (N-methyl/N-ethyl adjacent to an activating group) is 1. The summed E-state index contributed by atoms with van der Waals surface area (Å²) >= 11 is 0. The van der Waals surface area contributed by atoms with Crippen molar-refractivity contribution in [2.45, 2.75) is 38.6 Å². The molecule has 0 spiro atoms. The smallest absolute Gasteiger partial charge is 0.0670 e. The molecule has 1 aromatic rings. The summed E-state index contributed by atoms with van der Waals surface area (Å²) in [6.45, 7) is 3.99. The van der Waals surface area contributed by atoms with Crippen molar-refractivity contribution in [3.8, 4) is 0 Å². The highest BCUT2D eigenvalue weighted by Crippen LogP contribution is 2.30. The second-order valence-electron chi connectivity index (χ2n) is 5.55. The molecule has 0 saturated heterocycles. The van der Waals surface area contributed by atoms with Crippen LogP contribution in [0.15, 0.2) is 6.20 Å². The summed E-state index contributed by atoms with van der Waals surface area (Å²) in [6, 6.07) is 0.314. The molecule has 2 N–H and O–H groups in total. The van der Waals surface area contributed by atoms with Gasteiger partial charge in [0.05, 0.1) is 11.7 Å². The van der Waals surface area contributed by atoms with Crippen molar-refractivity contribution in [2.24, 2.45) is 18.7 Å². The maximum absolute atomic E-state index is 6.00. The molecule has 0 aromatic carbocycles. The lowest BCUT2D eigenvalue weighted by Crippen LogP contribution is -2.36. The molecule has 0 radical (unpaired) electrons. The number of nitrogens with two attached hydrogens (primary N) is 1. The summed E-state index contributed by atoms with van der Waals surface area (Å²) in [7, 11) is 4.18. The summed E-state index contributed by atoms with van der Waals surface area (Å²) in [6.07, 6.45) is 7.28. The van der Waals surface area contributed by atoms with Gasteiger partial charge in [0.15, 0.2) is 0 Å². The SMILES string of the molecule is CCc1nn(C)cc1C(CN)N(C)CC1CCC1. The Hall–Kier alpha value is -0.870. The van der Waals surface area contributed by atoms with Crippen molar-refractivity contribution in [1.29, 1.82) is 0 Å². The summed E-state index contributed by atoms with van der Waals surface area (Å²) in [5.41, 5.74) is 8.49. The molecule has 18 heavy (non-hydrogen) atoms. The lowest BCUT2D eigenvalue weighted by atomic mass is 9.84. The first kappa shape index (κ1) is 13.6. The van der Waals surface area contributed by atoms with Crippen LogP contribution in [0.5, 0.6) is 0 Å². The van der Waals surface area contributed by atoms with Gasteiger partial charge in [0.25, 0.3) is 0 Å².